The van der Waals surface area contributed by atoms with Crippen LogP contribution in [0.5, 0.6) is 5.75 Å². The molecule has 1 aromatic carbocycles. The summed E-state index contributed by atoms with van der Waals surface area (Å²) < 4.78 is 45.8. The SMILES string of the molecule is C[C@@]1(NCc2cc(O)c(N3CC(=O)NS3(=O)=O)c(F)c2)CCCOC1. The Morgan fingerprint density at radius 1 is 1.48 bits per heavy atom. The van der Waals surface area contributed by atoms with Crippen molar-refractivity contribution in [2.24, 2.45) is 0 Å². The number of nitrogens with zero attached hydrogens (tertiary/aromatic N) is 1. The molecule has 0 unspecified atom stereocenters. The van der Waals surface area contributed by atoms with E-state index in [1.54, 1.807) is 4.72 Å². The third-order valence-electron chi connectivity index (χ3n) is 4.33. The maximum Gasteiger partial charge on any atom is 0.326 e. The van der Waals surface area contributed by atoms with Crippen LogP contribution in [-0.4, -0.2) is 44.7 Å². The lowest BCUT2D eigenvalue weighted by molar-refractivity contribution is -0.117. The Hall–Kier alpha value is -1.91. The molecule has 8 nitrogen and oxygen atoms in total. The Morgan fingerprint density at radius 2 is 2.24 bits per heavy atom. The highest BCUT2D eigenvalue weighted by molar-refractivity contribution is 7.92. The third-order valence-corrected chi connectivity index (χ3v) is 5.71. The van der Waals surface area contributed by atoms with Gasteiger partial charge in [0.2, 0.25) is 0 Å². The molecule has 1 atom stereocenters. The number of phenolic OH excluding ortho intramolecular Hbond substituents is 1. The second-order valence-corrected chi connectivity index (χ2v) is 8.15. The number of amides is 1. The molecular formula is C15H20FN3O5S. The van der Waals surface area contributed by atoms with Crippen LogP contribution in [0.1, 0.15) is 25.3 Å². The van der Waals surface area contributed by atoms with Gasteiger partial charge in [-0.3, -0.25) is 4.79 Å². The molecule has 2 aliphatic rings. The van der Waals surface area contributed by atoms with Crippen LogP contribution in [0.15, 0.2) is 12.1 Å². The van der Waals surface area contributed by atoms with Gasteiger partial charge in [-0.1, -0.05) is 0 Å². The number of carbonyl (C=O) groups is 1. The summed E-state index contributed by atoms with van der Waals surface area (Å²) in [5.41, 5.74) is -0.312. The fraction of sp³-hybridized carbons (Fsp3) is 0.533. The lowest BCUT2D eigenvalue weighted by atomic mass is 9.94. The van der Waals surface area contributed by atoms with Crippen LogP contribution in [0, 0.1) is 5.82 Å². The van der Waals surface area contributed by atoms with Crippen LogP contribution in [0.4, 0.5) is 10.1 Å². The molecule has 0 aromatic heterocycles. The van der Waals surface area contributed by atoms with Crippen molar-refractivity contribution < 1.29 is 27.4 Å². The molecule has 3 N–H and O–H groups in total. The fourth-order valence-corrected chi connectivity index (χ4v) is 4.19. The number of benzene rings is 1. The number of carbonyl (C=O) groups excluding carboxylic acids is 1. The molecule has 10 heteroatoms. The number of ether oxygens (including phenoxy) is 1. The van der Waals surface area contributed by atoms with Crippen LogP contribution >= 0.6 is 0 Å². The minimum Gasteiger partial charge on any atom is -0.506 e. The quantitative estimate of drug-likeness (QED) is 0.704. The number of phenols is 1. The first-order valence-electron chi connectivity index (χ1n) is 7.88. The summed E-state index contributed by atoms with van der Waals surface area (Å²) in [6.07, 6.45) is 1.84. The van der Waals surface area contributed by atoms with E-state index in [2.05, 4.69) is 5.32 Å². The van der Waals surface area contributed by atoms with Crippen molar-refractivity contribution in [3.8, 4) is 5.75 Å². The monoisotopic (exact) mass is 373 g/mol. The molecule has 1 amide bonds. The Balaban J connectivity index is 1.80. The van der Waals surface area contributed by atoms with Gasteiger partial charge in [0.1, 0.15) is 18.0 Å². The van der Waals surface area contributed by atoms with Crippen LogP contribution in [0.25, 0.3) is 0 Å². The number of halogens is 1. The van der Waals surface area contributed by atoms with E-state index in [4.69, 9.17) is 4.74 Å². The molecule has 0 aliphatic carbocycles. The van der Waals surface area contributed by atoms with Gasteiger partial charge in [0.15, 0.2) is 5.82 Å². The Morgan fingerprint density at radius 3 is 2.80 bits per heavy atom. The summed E-state index contributed by atoms with van der Waals surface area (Å²) in [6, 6.07) is 2.43. The molecule has 0 spiro atoms. The summed E-state index contributed by atoms with van der Waals surface area (Å²) in [6.45, 7) is 2.98. The zero-order chi connectivity index (χ0) is 18.2. The first-order valence-corrected chi connectivity index (χ1v) is 9.32. The largest absolute Gasteiger partial charge is 0.506 e. The lowest BCUT2D eigenvalue weighted by Crippen LogP contribution is -2.48. The Kier molecular flexibility index (Phi) is 4.60. The molecule has 0 radical (unpaired) electrons. The van der Waals surface area contributed by atoms with Crippen molar-refractivity contribution in [3.63, 3.8) is 0 Å². The molecule has 0 saturated carbocycles. The predicted octanol–water partition coefficient (Wildman–Crippen LogP) is 0.371. The fourth-order valence-electron chi connectivity index (χ4n) is 3.02. The number of aromatic hydroxyl groups is 1. The van der Waals surface area contributed by atoms with E-state index < -0.39 is 39.9 Å². The molecule has 2 saturated heterocycles. The van der Waals surface area contributed by atoms with Gasteiger partial charge in [0.25, 0.3) is 5.91 Å². The third kappa shape index (κ3) is 3.70. The Bertz CT molecular complexity index is 769. The maximum absolute atomic E-state index is 14.4. The molecule has 2 heterocycles. The second-order valence-electron chi connectivity index (χ2n) is 6.55. The van der Waals surface area contributed by atoms with Crippen LogP contribution in [0.2, 0.25) is 0 Å². The molecule has 1 aromatic rings. The highest BCUT2D eigenvalue weighted by Crippen LogP contribution is 2.34. The highest BCUT2D eigenvalue weighted by Gasteiger charge is 2.37. The van der Waals surface area contributed by atoms with Crippen molar-refractivity contribution in [1.29, 1.82) is 0 Å². The molecule has 3 rings (SSSR count). The average molecular weight is 373 g/mol. The zero-order valence-electron chi connectivity index (χ0n) is 13.7. The van der Waals surface area contributed by atoms with Gasteiger partial charge in [-0.05, 0) is 37.5 Å². The topological polar surface area (TPSA) is 108 Å². The first-order chi connectivity index (χ1) is 11.7. The predicted molar refractivity (Wildman–Crippen MR) is 87.8 cm³/mol. The van der Waals surface area contributed by atoms with Crippen LogP contribution < -0.4 is 14.3 Å². The number of rotatable bonds is 4. The van der Waals surface area contributed by atoms with E-state index in [-0.39, 0.29) is 12.1 Å². The minimum absolute atomic E-state index is 0.238. The number of hydrogen-bond donors (Lipinski definition) is 3. The van der Waals surface area contributed by atoms with E-state index in [1.807, 2.05) is 6.92 Å². The number of anilines is 1. The van der Waals surface area contributed by atoms with E-state index >= 15 is 0 Å². The van der Waals surface area contributed by atoms with Crippen molar-refractivity contribution >= 4 is 21.8 Å². The smallest absolute Gasteiger partial charge is 0.326 e. The minimum atomic E-state index is -4.18. The van der Waals surface area contributed by atoms with Gasteiger partial charge in [0.05, 0.1) is 6.61 Å². The summed E-state index contributed by atoms with van der Waals surface area (Å²) in [5, 5.41) is 13.4. The van der Waals surface area contributed by atoms with Crippen LogP contribution in [0.3, 0.4) is 0 Å². The van der Waals surface area contributed by atoms with Gasteiger partial charge in [-0.2, -0.15) is 8.42 Å². The molecular weight excluding hydrogens is 353 g/mol. The lowest BCUT2D eigenvalue weighted by Gasteiger charge is -2.34. The first kappa shape index (κ1) is 17.9. The number of hydrogen-bond acceptors (Lipinski definition) is 6. The van der Waals surface area contributed by atoms with E-state index in [1.165, 1.54) is 6.07 Å². The maximum atomic E-state index is 14.4. The van der Waals surface area contributed by atoms with Crippen LogP contribution in [-0.2, 0) is 26.3 Å². The molecule has 25 heavy (non-hydrogen) atoms. The normalized spacial score (nSPS) is 25.8. The molecule has 0 bridgehead atoms. The second kappa shape index (κ2) is 6.43. The standard InChI is InChI=1S/C15H20FN3O5S/c1-15(3-2-4-24-9-15)17-7-10-5-11(16)14(12(20)6-10)19-8-13(21)18-25(19,22)23/h5-6,17,20H,2-4,7-9H2,1H3,(H,18,21)/t15-/m1/s1. The van der Waals surface area contributed by atoms with E-state index in [0.29, 0.717) is 16.5 Å². The van der Waals surface area contributed by atoms with Crippen molar-refractivity contribution in [1.82, 2.24) is 10.0 Å². The van der Waals surface area contributed by atoms with Gasteiger partial charge in [-0.25, -0.2) is 13.4 Å². The van der Waals surface area contributed by atoms with Gasteiger partial charge >= 0.3 is 10.2 Å². The average Bonchev–Trinajstić information content (AvgIpc) is 2.78. The molecule has 2 aliphatic heterocycles. The van der Waals surface area contributed by atoms with Gasteiger partial charge < -0.3 is 15.2 Å². The highest BCUT2D eigenvalue weighted by atomic mass is 32.2. The van der Waals surface area contributed by atoms with E-state index in [0.717, 1.165) is 25.5 Å². The number of nitrogens with one attached hydrogen (secondary N) is 2. The summed E-state index contributed by atoms with van der Waals surface area (Å²) in [5.74, 6) is -2.24. The molecule has 138 valence electrons. The summed E-state index contributed by atoms with van der Waals surface area (Å²) >= 11 is 0. The molecule has 2 fully saturated rings. The zero-order valence-corrected chi connectivity index (χ0v) is 14.5. The van der Waals surface area contributed by atoms with Gasteiger partial charge in [-0.15, -0.1) is 0 Å². The van der Waals surface area contributed by atoms with Crippen molar-refractivity contribution in [3.05, 3.63) is 23.5 Å². The Labute approximate surface area is 145 Å². The van der Waals surface area contributed by atoms with E-state index in [9.17, 15) is 22.7 Å². The van der Waals surface area contributed by atoms with Crippen molar-refractivity contribution in [2.75, 3.05) is 24.1 Å². The van der Waals surface area contributed by atoms with Crippen molar-refractivity contribution in [2.45, 2.75) is 31.8 Å². The summed E-state index contributed by atoms with van der Waals surface area (Å²) in [7, 11) is -4.18. The van der Waals surface area contributed by atoms with Gasteiger partial charge in [0, 0.05) is 18.7 Å². The summed E-state index contributed by atoms with van der Waals surface area (Å²) in [4.78, 5) is 11.3.